The van der Waals surface area contributed by atoms with Crippen molar-refractivity contribution in [1.29, 1.82) is 0 Å². The van der Waals surface area contributed by atoms with E-state index in [2.05, 4.69) is 0 Å². The lowest BCUT2D eigenvalue weighted by atomic mass is 10.2. The molecule has 0 saturated carbocycles. The first-order valence-corrected chi connectivity index (χ1v) is 5.29. The molecule has 1 N–H and O–H groups in total. The number of nitrogens with zero attached hydrogens (tertiary/aromatic N) is 1. The number of hydrogen-bond acceptors (Lipinski definition) is 3. The van der Waals surface area contributed by atoms with Gasteiger partial charge in [-0.25, -0.2) is 4.79 Å². The Labute approximate surface area is 101 Å². The van der Waals surface area contributed by atoms with Crippen LogP contribution in [-0.4, -0.2) is 31.8 Å². The summed E-state index contributed by atoms with van der Waals surface area (Å²) in [4.78, 5) is 12.4. The molecular weight excluding hydrogens is 218 g/mol. The number of hydrogen-bond donors (Lipinski definition) is 1. The summed E-state index contributed by atoms with van der Waals surface area (Å²) in [5, 5.41) is 8.56. The van der Waals surface area contributed by atoms with Gasteiger partial charge in [-0.1, -0.05) is 6.07 Å². The Morgan fingerprint density at radius 3 is 2.76 bits per heavy atom. The van der Waals surface area contributed by atoms with Crippen molar-refractivity contribution < 1.29 is 14.6 Å². The van der Waals surface area contributed by atoms with Crippen molar-refractivity contribution in [2.24, 2.45) is 0 Å². The lowest BCUT2D eigenvalue weighted by Gasteiger charge is -2.14. The molecule has 1 aromatic rings. The van der Waals surface area contributed by atoms with E-state index in [4.69, 9.17) is 9.84 Å². The Morgan fingerprint density at radius 2 is 2.18 bits per heavy atom. The quantitative estimate of drug-likeness (QED) is 0.794. The Balaban J connectivity index is 2.63. The van der Waals surface area contributed by atoms with Crippen molar-refractivity contribution in [2.45, 2.75) is 6.92 Å². The van der Waals surface area contributed by atoms with Crippen molar-refractivity contribution >= 4 is 11.7 Å². The molecule has 0 atom stereocenters. The second kappa shape index (κ2) is 5.94. The van der Waals surface area contributed by atoms with Gasteiger partial charge in [0.25, 0.3) is 0 Å². The standard InChI is InChI=1S/C13H17NO3/c1-10(7-13(15)16)9-17-12-6-4-5-11(8-12)14(2)3/h4-8H,9H2,1-3H3,(H,15,16)/b10-7+. The summed E-state index contributed by atoms with van der Waals surface area (Å²) in [7, 11) is 3.91. The summed E-state index contributed by atoms with van der Waals surface area (Å²) in [6.45, 7) is 2.01. The highest BCUT2D eigenvalue weighted by Crippen LogP contribution is 2.19. The first-order chi connectivity index (χ1) is 7.99. The molecule has 0 amide bonds. The van der Waals surface area contributed by atoms with E-state index in [0.717, 1.165) is 17.5 Å². The van der Waals surface area contributed by atoms with Crippen LogP contribution < -0.4 is 9.64 Å². The van der Waals surface area contributed by atoms with Gasteiger partial charge in [-0.3, -0.25) is 0 Å². The van der Waals surface area contributed by atoms with E-state index in [1.54, 1.807) is 6.92 Å². The lowest BCUT2D eigenvalue weighted by Crippen LogP contribution is -2.08. The fourth-order valence-corrected chi connectivity index (χ4v) is 1.30. The number of rotatable bonds is 5. The molecule has 1 aromatic carbocycles. The Morgan fingerprint density at radius 1 is 1.47 bits per heavy atom. The molecule has 0 aliphatic heterocycles. The molecule has 0 bridgehead atoms. The van der Waals surface area contributed by atoms with E-state index in [0.29, 0.717) is 5.57 Å². The molecule has 17 heavy (non-hydrogen) atoms. The second-order valence-electron chi connectivity index (χ2n) is 4.01. The maximum atomic E-state index is 10.4. The number of aliphatic carboxylic acids is 1. The van der Waals surface area contributed by atoms with Crippen molar-refractivity contribution in [3.05, 3.63) is 35.9 Å². The number of carbonyl (C=O) groups is 1. The molecule has 92 valence electrons. The van der Waals surface area contributed by atoms with Crippen molar-refractivity contribution in [3.8, 4) is 5.75 Å². The summed E-state index contributed by atoms with van der Waals surface area (Å²) in [5.74, 6) is -0.220. The van der Waals surface area contributed by atoms with Crippen molar-refractivity contribution in [3.63, 3.8) is 0 Å². The maximum Gasteiger partial charge on any atom is 0.328 e. The highest BCUT2D eigenvalue weighted by Gasteiger charge is 2.00. The predicted octanol–water partition coefficient (Wildman–Crippen LogP) is 2.16. The average Bonchev–Trinajstić information content (AvgIpc) is 2.26. The molecule has 1 rings (SSSR count). The Kier molecular flexibility index (Phi) is 4.57. The summed E-state index contributed by atoms with van der Waals surface area (Å²) in [6.07, 6.45) is 1.15. The van der Waals surface area contributed by atoms with Gasteiger partial charge in [0.1, 0.15) is 12.4 Å². The average molecular weight is 235 g/mol. The highest BCUT2D eigenvalue weighted by molar-refractivity contribution is 5.80. The molecule has 0 saturated heterocycles. The molecule has 0 aromatic heterocycles. The van der Waals surface area contributed by atoms with Crippen LogP contribution in [0.1, 0.15) is 6.92 Å². The first-order valence-electron chi connectivity index (χ1n) is 5.29. The van der Waals surface area contributed by atoms with Crippen LogP contribution in [-0.2, 0) is 4.79 Å². The van der Waals surface area contributed by atoms with E-state index >= 15 is 0 Å². The Bertz CT molecular complexity index is 424. The minimum Gasteiger partial charge on any atom is -0.489 e. The molecule has 4 nitrogen and oxygen atoms in total. The maximum absolute atomic E-state index is 10.4. The molecule has 0 aliphatic rings. The summed E-state index contributed by atoms with van der Waals surface area (Å²) in [6, 6.07) is 7.64. The number of carboxylic acid groups (broad SMARTS) is 1. The third-order valence-electron chi connectivity index (χ3n) is 2.17. The highest BCUT2D eigenvalue weighted by atomic mass is 16.5. The Hall–Kier alpha value is -1.97. The van der Waals surface area contributed by atoms with Gasteiger partial charge in [0.05, 0.1) is 0 Å². The zero-order valence-electron chi connectivity index (χ0n) is 10.3. The number of anilines is 1. The van der Waals surface area contributed by atoms with E-state index in [9.17, 15) is 4.79 Å². The van der Waals surface area contributed by atoms with Gasteiger partial charge in [0.2, 0.25) is 0 Å². The zero-order valence-corrected chi connectivity index (χ0v) is 10.3. The SMILES string of the molecule is C/C(=C\C(=O)O)COc1cccc(N(C)C)c1. The zero-order chi connectivity index (χ0) is 12.8. The fraction of sp³-hybridized carbons (Fsp3) is 0.308. The van der Waals surface area contributed by atoms with E-state index in [1.165, 1.54) is 0 Å². The predicted molar refractivity (Wildman–Crippen MR) is 67.7 cm³/mol. The van der Waals surface area contributed by atoms with Gasteiger partial charge in [-0.05, 0) is 24.6 Å². The second-order valence-corrected chi connectivity index (χ2v) is 4.01. The molecule has 4 heteroatoms. The largest absolute Gasteiger partial charge is 0.489 e. The minimum atomic E-state index is -0.951. The normalized spacial score (nSPS) is 11.1. The van der Waals surface area contributed by atoms with E-state index < -0.39 is 5.97 Å². The van der Waals surface area contributed by atoms with Gasteiger partial charge < -0.3 is 14.7 Å². The van der Waals surface area contributed by atoms with Gasteiger partial charge in [-0.2, -0.15) is 0 Å². The summed E-state index contributed by atoms with van der Waals surface area (Å²) < 4.78 is 5.50. The van der Waals surface area contributed by atoms with Crippen LogP contribution in [0, 0.1) is 0 Å². The minimum absolute atomic E-state index is 0.281. The van der Waals surface area contributed by atoms with Crippen LogP contribution in [0.5, 0.6) is 5.75 Å². The number of benzene rings is 1. The van der Waals surface area contributed by atoms with Gasteiger partial charge in [0.15, 0.2) is 0 Å². The number of ether oxygens (including phenoxy) is 1. The molecule has 0 fully saturated rings. The van der Waals surface area contributed by atoms with E-state index in [1.807, 2.05) is 43.3 Å². The third kappa shape index (κ3) is 4.59. The smallest absolute Gasteiger partial charge is 0.328 e. The van der Waals surface area contributed by atoms with Gasteiger partial charge in [-0.15, -0.1) is 0 Å². The fourth-order valence-electron chi connectivity index (χ4n) is 1.30. The van der Waals surface area contributed by atoms with Crippen LogP contribution in [0.4, 0.5) is 5.69 Å². The molecule has 0 radical (unpaired) electrons. The molecule has 0 heterocycles. The van der Waals surface area contributed by atoms with Crippen LogP contribution in [0.3, 0.4) is 0 Å². The first kappa shape index (κ1) is 13.1. The van der Waals surface area contributed by atoms with Crippen LogP contribution in [0.25, 0.3) is 0 Å². The molecule has 0 unspecified atom stereocenters. The van der Waals surface area contributed by atoms with Crippen LogP contribution >= 0.6 is 0 Å². The third-order valence-corrected chi connectivity index (χ3v) is 2.17. The van der Waals surface area contributed by atoms with Crippen molar-refractivity contribution in [1.82, 2.24) is 0 Å². The van der Waals surface area contributed by atoms with Gasteiger partial charge in [0, 0.05) is 31.9 Å². The van der Waals surface area contributed by atoms with E-state index in [-0.39, 0.29) is 6.61 Å². The molecule has 0 aliphatic carbocycles. The van der Waals surface area contributed by atoms with Crippen LogP contribution in [0.15, 0.2) is 35.9 Å². The lowest BCUT2D eigenvalue weighted by molar-refractivity contribution is -0.131. The molecular formula is C13H17NO3. The summed E-state index contributed by atoms with van der Waals surface area (Å²) >= 11 is 0. The number of carboxylic acids is 1. The topological polar surface area (TPSA) is 49.8 Å². The monoisotopic (exact) mass is 235 g/mol. The molecule has 0 spiro atoms. The van der Waals surface area contributed by atoms with Crippen molar-refractivity contribution in [2.75, 3.05) is 25.6 Å². The van der Waals surface area contributed by atoms with Gasteiger partial charge >= 0.3 is 5.97 Å². The summed E-state index contributed by atoms with van der Waals surface area (Å²) in [5.41, 5.74) is 1.72. The van der Waals surface area contributed by atoms with Crippen LogP contribution in [0.2, 0.25) is 0 Å².